The van der Waals surface area contributed by atoms with Gasteiger partial charge in [0.1, 0.15) is 5.76 Å². The SMILES string of the molecule is CCC(NCC(c1ccco1)N(C)C)c1cccc(Br)c1. The van der Waals surface area contributed by atoms with E-state index in [0.717, 1.165) is 23.2 Å². The molecule has 2 unspecified atom stereocenters. The lowest BCUT2D eigenvalue weighted by Crippen LogP contribution is -2.33. The lowest BCUT2D eigenvalue weighted by Gasteiger charge is -2.26. The second-order valence-electron chi connectivity index (χ2n) is 5.42. The fraction of sp³-hybridized carbons (Fsp3) is 0.412. The minimum absolute atomic E-state index is 0.237. The van der Waals surface area contributed by atoms with Crippen LogP contribution < -0.4 is 5.32 Å². The van der Waals surface area contributed by atoms with Crippen LogP contribution in [0.4, 0.5) is 0 Å². The van der Waals surface area contributed by atoms with E-state index >= 15 is 0 Å². The first-order valence-electron chi connectivity index (χ1n) is 7.30. The van der Waals surface area contributed by atoms with Crippen molar-refractivity contribution >= 4 is 15.9 Å². The average Bonchev–Trinajstić information content (AvgIpc) is 2.97. The van der Waals surface area contributed by atoms with E-state index in [4.69, 9.17) is 4.42 Å². The molecule has 1 heterocycles. The Morgan fingerprint density at radius 3 is 2.62 bits per heavy atom. The smallest absolute Gasteiger partial charge is 0.122 e. The van der Waals surface area contributed by atoms with Crippen molar-refractivity contribution in [2.45, 2.75) is 25.4 Å². The van der Waals surface area contributed by atoms with E-state index in [1.165, 1.54) is 5.56 Å². The maximum Gasteiger partial charge on any atom is 0.122 e. The minimum atomic E-state index is 0.237. The van der Waals surface area contributed by atoms with Crippen LogP contribution in [0.15, 0.2) is 51.6 Å². The molecule has 21 heavy (non-hydrogen) atoms. The van der Waals surface area contributed by atoms with Crippen molar-refractivity contribution in [3.8, 4) is 0 Å². The average molecular weight is 351 g/mol. The van der Waals surface area contributed by atoms with Crippen molar-refractivity contribution in [1.82, 2.24) is 10.2 Å². The first kappa shape index (κ1) is 16.3. The third-order valence-corrected chi connectivity index (χ3v) is 4.21. The van der Waals surface area contributed by atoms with Crippen molar-refractivity contribution in [2.24, 2.45) is 0 Å². The number of rotatable bonds is 7. The van der Waals surface area contributed by atoms with Crippen molar-refractivity contribution in [1.29, 1.82) is 0 Å². The number of likely N-dealkylation sites (N-methyl/N-ethyl adjacent to an activating group) is 1. The lowest BCUT2D eigenvalue weighted by molar-refractivity contribution is 0.243. The van der Waals surface area contributed by atoms with E-state index in [9.17, 15) is 0 Å². The monoisotopic (exact) mass is 350 g/mol. The second kappa shape index (κ2) is 7.78. The summed E-state index contributed by atoms with van der Waals surface area (Å²) < 4.78 is 6.68. The van der Waals surface area contributed by atoms with Crippen molar-refractivity contribution in [3.05, 3.63) is 58.5 Å². The molecule has 0 saturated heterocycles. The third kappa shape index (κ3) is 4.43. The van der Waals surface area contributed by atoms with Crippen LogP contribution in [0.25, 0.3) is 0 Å². The largest absolute Gasteiger partial charge is 0.468 e. The van der Waals surface area contributed by atoms with Gasteiger partial charge in [0, 0.05) is 17.1 Å². The number of halogens is 1. The van der Waals surface area contributed by atoms with E-state index in [1.54, 1.807) is 6.26 Å². The van der Waals surface area contributed by atoms with Crippen LogP contribution >= 0.6 is 15.9 Å². The Hall–Kier alpha value is -1.10. The highest BCUT2D eigenvalue weighted by atomic mass is 79.9. The van der Waals surface area contributed by atoms with Crippen molar-refractivity contribution in [3.63, 3.8) is 0 Å². The summed E-state index contributed by atoms with van der Waals surface area (Å²) in [7, 11) is 4.16. The maximum atomic E-state index is 5.56. The molecule has 0 aliphatic heterocycles. The Bertz CT molecular complexity index is 539. The van der Waals surface area contributed by atoms with Crippen LogP contribution in [0.3, 0.4) is 0 Å². The number of hydrogen-bond donors (Lipinski definition) is 1. The molecule has 2 atom stereocenters. The van der Waals surface area contributed by atoms with Gasteiger partial charge in [-0.15, -0.1) is 0 Å². The van der Waals surface area contributed by atoms with Gasteiger partial charge < -0.3 is 9.73 Å². The van der Waals surface area contributed by atoms with Crippen LogP contribution in [-0.2, 0) is 0 Å². The highest BCUT2D eigenvalue weighted by Gasteiger charge is 2.19. The van der Waals surface area contributed by atoms with Crippen LogP contribution in [0.1, 0.15) is 36.8 Å². The summed E-state index contributed by atoms with van der Waals surface area (Å²) >= 11 is 3.54. The van der Waals surface area contributed by atoms with Crippen LogP contribution in [0, 0.1) is 0 Å². The molecule has 1 N–H and O–H groups in total. The summed E-state index contributed by atoms with van der Waals surface area (Å²) in [5.41, 5.74) is 1.31. The molecule has 0 radical (unpaired) electrons. The summed E-state index contributed by atoms with van der Waals surface area (Å²) in [5, 5.41) is 3.66. The van der Waals surface area contributed by atoms with Gasteiger partial charge in [-0.3, -0.25) is 4.90 Å². The lowest BCUT2D eigenvalue weighted by atomic mass is 10.0. The van der Waals surface area contributed by atoms with Gasteiger partial charge in [-0.2, -0.15) is 0 Å². The molecule has 2 rings (SSSR count). The Labute approximate surface area is 135 Å². The molecule has 114 valence electrons. The van der Waals surface area contributed by atoms with Gasteiger partial charge in [-0.1, -0.05) is 35.0 Å². The minimum Gasteiger partial charge on any atom is -0.468 e. The summed E-state index contributed by atoms with van der Waals surface area (Å²) in [6.45, 7) is 3.06. The molecule has 4 heteroatoms. The molecular formula is C17H23BrN2O. The molecule has 1 aromatic carbocycles. The fourth-order valence-corrected chi connectivity index (χ4v) is 2.91. The van der Waals surface area contributed by atoms with Gasteiger partial charge in [0.2, 0.25) is 0 Å². The Morgan fingerprint density at radius 2 is 2.05 bits per heavy atom. The molecule has 0 bridgehead atoms. The van der Waals surface area contributed by atoms with Gasteiger partial charge in [-0.25, -0.2) is 0 Å². The molecule has 1 aromatic heterocycles. The Morgan fingerprint density at radius 1 is 1.24 bits per heavy atom. The summed E-state index contributed by atoms with van der Waals surface area (Å²) in [5.74, 6) is 0.997. The molecule has 0 amide bonds. The van der Waals surface area contributed by atoms with Crippen molar-refractivity contribution in [2.75, 3.05) is 20.6 Å². The first-order chi connectivity index (χ1) is 10.1. The first-order valence-corrected chi connectivity index (χ1v) is 8.09. The zero-order chi connectivity index (χ0) is 15.2. The van der Waals surface area contributed by atoms with Crippen LogP contribution in [0.2, 0.25) is 0 Å². The highest BCUT2D eigenvalue weighted by Crippen LogP contribution is 2.23. The Kier molecular flexibility index (Phi) is 6.03. The maximum absolute atomic E-state index is 5.56. The number of benzene rings is 1. The molecular weight excluding hydrogens is 328 g/mol. The van der Waals surface area contributed by atoms with Gasteiger partial charge >= 0.3 is 0 Å². The summed E-state index contributed by atoms with van der Waals surface area (Å²) in [6, 6.07) is 13.1. The quantitative estimate of drug-likeness (QED) is 0.802. The zero-order valence-electron chi connectivity index (χ0n) is 12.8. The highest BCUT2D eigenvalue weighted by molar-refractivity contribution is 9.10. The molecule has 3 nitrogen and oxygen atoms in total. The standard InChI is InChI=1S/C17H23BrN2O/c1-4-15(13-7-5-8-14(18)11-13)19-12-16(20(2)3)17-9-6-10-21-17/h5-11,15-16,19H,4,12H2,1-3H3. The predicted octanol–water partition coefficient (Wildman–Crippen LogP) is 4.39. The number of nitrogens with one attached hydrogen (secondary N) is 1. The van der Waals surface area contributed by atoms with E-state index in [1.807, 2.05) is 12.1 Å². The normalized spacial score (nSPS) is 14.3. The molecule has 0 aliphatic carbocycles. The van der Waals surface area contributed by atoms with E-state index in [-0.39, 0.29) is 6.04 Å². The second-order valence-corrected chi connectivity index (χ2v) is 6.33. The number of furan rings is 1. The summed E-state index contributed by atoms with van der Waals surface area (Å²) in [4.78, 5) is 2.18. The molecule has 0 fully saturated rings. The van der Waals surface area contributed by atoms with E-state index < -0.39 is 0 Å². The molecule has 0 spiro atoms. The number of nitrogens with zero attached hydrogens (tertiary/aromatic N) is 1. The number of hydrogen-bond acceptors (Lipinski definition) is 3. The topological polar surface area (TPSA) is 28.4 Å². The predicted molar refractivity (Wildman–Crippen MR) is 90.3 cm³/mol. The third-order valence-electron chi connectivity index (χ3n) is 3.71. The van der Waals surface area contributed by atoms with Crippen molar-refractivity contribution < 1.29 is 4.42 Å². The molecule has 0 saturated carbocycles. The van der Waals surface area contributed by atoms with E-state index in [0.29, 0.717) is 6.04 Å². The van der Waals surface area contributed by atoms with E-state index in [2.05, 4.69) is 71.4 Å². The summed E-state index contributed by atoms with van der Waals surface area (Å²) in [6.07, 6.45) is 2.78. The fourth-order valence-electron chi connectivity index (χ4n) is 2.49. The van der Waals surface area contributed by atoms with Crippen LogP contribution in [0.5, 0.6) is 0 Å². The zero-order valence-corrected chi connectivity index (χ0v) is 14.4. The van der Waals surface area contributed by atoms with Gasteiger partial charge in [0.15, 0.2) is 0 Å². The van der Waals surface area contributed by atoms with Gasteiger partial charge in [0.25, 0.3) is 0 Å². The molecule has 2 aromatic rings. The molecule has 0 aliphatic rings. The van der Waals surface area contributed by atoms with Gasteiger partial charge in [0.05, 0.1) is 12.3 Å². The van der Waals surface area contributed by atoms with Crippen LogP contribution in [-0.4, -0.2) is 25.5 Å². The van der Waals surface area contributed by atoms with Gasteiger partial charge in [-0.05, 0) is 50.3 Å². The Balaban J connectivity index is 2.05.